The molecular weight excluding hydrogens is 560 g/mol. The van der Waals surface area contributed by atoms with Crippen molar-refractivity contribution in [2.24, 2.45) is 27.6 Å². The Balaban J connectivity index is 0.000000223. The number of methoxy groups -OCH3 is 1. The molecule has 1 spiro atoms. The SMILES string of the molecule is CC1(C)C(=O)C=CC2(C)C1=C(O)C(=O)C1(C)C2CCC2(C)C(c3ccoc3)CC3OC321.COc1ccccc1C=CC(=O)O. The largest absolute Gasteiger partial charge is 0.504 e. The molecule has 7 rings (SSSR count). The van der Waals surface area contributed by atoms with E-state index in [4.69, 9.17) is 19.0 Å². The Bertz CT molecular complexity index is 1630. The number of rotatable bonds is 4. The highest BCUT2D eigenvalue weighted by Crippen LogP contribution is 2.81. The van der Waals surface area contributed by atoms with Gasteiger partial charge in [0.15, 0.2) is 11.5 Å². The number of para-hydroxylation sites is 1. The standard InChI is InChI=1S/C26H30O5.C10H10O3/c1-22(2)17(27)7-9-23(3)16-6-10-24(4)15(14-8-11-30-13-14)12-18-26(24,31-18)25(16,5)21(29)19(28)20(22)23;1-13-9-5-3-2-4-8(9)6-7-10(11)12/h7-9,11,13,15-16,18,28H,6,10,12H2,1-5H3;2-7H,1H3,(H,11,12). The Hall–Kier alpha value is -3.91. The Morgan fingerprint density at radius 1 is 1.09 bits per heavy atom. The number of hydrogen-bond acceptors (Lipinski definition) is 7. The highest BCUT2D eigenvalue weighted by atomic mass is 16.6. The number of allylic oxidation sites excluding steroid dienone is 4. The van der Waals surface area contributed by atoms with Crippen LogP contribution in [0, 0.1) is 27.6 Å². The normalized spacial score (nSPS) is 37.8. The van der Waals surface area contributed by atoms with Crippen LogP contribution in [0.2, 0.25) is 0 Å². The van der Waals surface area contributed by atoms with Gasteiger partial charge >= 0.3 is 5.97 Å². The van der Waals surface area contributed by atoms with Crippen molar-refractivity contribution >= 4 is 23.6 Å². The van der Waals surface area contributed by atoms with Gasteiger partial charge in [-0.15, -0.1) is 0 Å². The quantitative estimate of drug-likeness (QED) is 0.294. The summed E-state index contributed by atoms with van der Waals surface area (Å²) in [5.74, 6) is -0.612. The molecule has 0 radical (unpaired) electrons. The second-order valence-electron chi connectivity index (χ2n) is 14.0. The summed E-state index contributed by atoms with van der Waals surface area (Å²) < 4.78 is 16.9. The smallest absolute Gasteiger partial charge is 0.328 e. The minimum atomic E-state index is -0.967. The maximum atomic E-state index is 14.0. The molecule has 44 heavy (non-hydrogen) atoms. The van der Waals surface area contributed by atoms with Gasteiger partial charge < -0.3 is 24.1 Å². The number of benzene rings is 1. The van der Waals surface area contributed by atoms with Crippen molar-refractivity contribution in [3.63, 3.8) is 0 Å². The highest BCUT2D eigenvalue weighted by Gasteiger charge is 2.87. The molecule has 2 aromatic rings. The van der Waals surface area contributed by atoms with Gasteiger partial charge in [-0.3, -0.25) is 9.59 Å². The molecule has 2 N–H and O–H groups in total. The van der Waals surface area contributed by atoms with E-state index >= 15 is 0 Å². The number of carboxylic acid groups (broad SMARTS) is 1. The maximum absolute atomic E-state index is 14.0. The zero-order valence-electron chi connectivity index (χ0n) is 26.0. The maximum Gasteiger partial charge on any atom is 0.328 e. The summed E-state index contributed by atoms with van der Waals surface area (Å²) in [5, 5.41) is 19.8. The average Bonchev–Trinajstić information content (AvgIpc) is 3.34. The van der Waals surface area contributed by atoms with E-state index in [1.165, 1.54) is 11.6 Å². The average molecular weight is 601 g/mol. The Labute approximate surface area is 257 Å². The third-order valence-electron chi connectivity index (χ3n) is 11.7. The number of ketones is 2. The summed E-state index contributed by atoms with van der Waals surface area (Å²) in [5.41, 5.74) is -0.643. The van der Waals surface area contributed by atoms with Gasteiger partial charge in [0.05, 0.1) is 36.6 Å². The van der Waals surface area contributed by atoms with E-state index in [9.17, 15) is 19.5 Å². The van der Waals surface area contributed by atoms with Gasteiger partial charge in [-0.25, -0.2) is 4.79 Å². The molecule has 3 fully saturated rings. The molecule has 4 aliphatic carbocycles. The number of ether oxygens (including phenoxy) is 2. The second kappa shape index (κ2) is 9.80. The van der Waals surface area contributed by atoms with Crippen molar-refractivity contribution in [1.29, 1.82) is 0 Å². The number of aliphatic hydroxyl groups excluding tert-OH is 1. The van der Waals surface area contributed by atoms with E-state index < -0.39 is 27.8 Å². The molecule has 7 atom stereocenters. The van der Waals surface area contributed by atoms with E-state index in [0.29, 0.717) is 11.3 Å². The van der Waals surface area contributed by atoms with Crippen LogP contribution in [-0.4, -0.2) is 46.6 Å². The van der Waals surface area contributed by atoms with Crippen molar-refractivity contribution in [2.45, 2.75) is 71.5 Å². The summed E-state index contributed by atoms with van der Waals surface area (Å²) in [6.45, 7) is 10.0. The van der Waals surface area contributed by atoms with Crippen LogP contribution < -0.4 is 4.74 Å². The molecule has 0 amide bonds. The van der Waals surface area contributed by atoms with E-state index in [1.54, 1.807) is 31.6 Å². The zero-order valence-corrected chi connectivity index (χ0v) is 26.0. The summed E-state index contributed by atoms with van der Waals surface area (Å²) in [4.78, 5) is 37.0. The predicted octanol–water partition coefficient (Wildman–Crippen LogP) is 6.69. The molecule has 8 heteroatoms. The third kappa shape index (κ3) is 3.76. The van der Waals surface area contributed by atoms with Crippen LogP contribution in [0.1, 0.15) is 70.9 Å². The lowest BCUT2D eigenvalue weighted by Crippen LogP contribution is -2.66. The van der Waals surface area contributed by atoms with Gasteiger partial charge in [0.2, 0.25) is 5.78 Å². The highest BCUT2D eigenvalue weighted by molar-refractivity contribution is 6.06. The number of epoxide rings is 1. The summed E-state index contributed by atoms with van der Waals surface area (Å²) >= 11 is 0. The van der Waals surface area contributed by atoms with Crippen LogP contribution >= 0.6 is 0 Å². The fourth-order valence-electron chi connectivity index (χ4n) is 9.75. The fourth-order valence-corrected chi connectivity index (χ4v) is 9.75. The van der Waals surface area contributed by atoms with Crippen LogP contribution in [0.3, 0.4) is 0 Å². The number of furan rings is 1. The Morgan fingerprint density at radius 2 is 1.82 bits per heavy atom. The van der Waals surface area contributed by atoms with Gasteiger partial charge in [0.25, 0.3) is 0 Å². The number of hydrogen-bond donors (Lipinski definition) is 2. The van der Waals surface area contributed by atoms with Crippen LogP contribution in [0.5, 0.6) is 5.75 Å². The van der Waals surface area contributed by atoms with E-state index in [1.807, 2.05) is 51.3 Å². The molecule has 2 saturated carbocycles. The predicted molar refractivity (Wildman–Crippen MR) is 163 cm³/mol. The van der Waals surface area contributed by atoms with E-state index in [2.05, 4.69) is 13.8 Å². The first-order valence-electron chi connectivity index (χ1n) is 15.2. The topological polar surface area (TPSA) is 127 Å². The molecule has 1 aromatic carbocycles. The zero-order chi connectivity index (χ0) is 31.9. The van der Waals surface area contributed by atoms with Gasteiger partial charge in [-0.05, 0) is 87.3 Å². The lowest BCUT2D eigenvalue weighted by atomic mass is 9.39. The summed E-state index contributed by atoms with van der Waals surface area (Å²) in [6, 6.07) is 9.25. The number of Topliss-reactive ketones (excluding diaryl/α,β-unsaturated/α-hetero) is 1. The summed E-state index contributed by atoms with van der Waals surface area (Å²) in [7, 11) is 1.55. The van der Waals surface area contributed by atoms with Crippen LogP contribution in [0.4, 0.5) is 0 Å². The minimum absolute atomic E-state index is 0.00527. The molecule has 8 nitrogen and oxygen atoms in total. The lowest BCUT2D eigenvalue weighted by Gasteiger charge is -2.62. The van der Waals surface area contributed by atoms with Crippen molar-refractivity contribution in [3.8, 4) is 5.75 Å². The van der Waals surface area contributed by atoms with Crippen LogP contribution in [0.15, 0.2) is 76.8 Å². The molecule has 2 heterocycles. The van der Waals surface area contributed by atoms with Gasteiger partial charge in [-0.1, -0.05) is 38.1 Å². The van der Waals surface area contributed by atoms with Crippen molar-refractivity contribution < 1.29 is 38.5 Å². The Kier molecular flexibility index (Phi) is 6.71. The van der Waals surface area contributed by atoms with Gasteiger partial charge in [0.1, 0.15) is 11.4 Å². The molecule has 0 bridgehead atoms. The number of carboxylic acids is 1. The van der Waals surface area contributed by atoms with Gasteiger partial charge in [0, 0.05) is 22.5 Å². The lowest BCUT2D eigenvalue weighted by molar-refractivity contribution is -0.162. The Morgan fingerprint density at radius 3 is 2.48 bits per heavy atom. The first-order valence-corrected chi connectivity index (χ1v) is 15.2. The van der Waals surface area contributed by atoms with Gasteiger partial charge in [-0.2, -0.15) is 0 Å². The monoisotopic (exact) mass is 600 g/mol. The number of carbonyl (C=O) groups excluding carboxylic acids is 2. The first-order chi connectivity index (χ1) is 20.7. The molecule has 232 valence electrons. The molecule has 7 unspecified atom stereocenters. The fraction of sp³-hybridized carbons (Fsp3) is 0.472. The molecular formula is C36H40O8. The summed E-state index contributed by atoms with van der Waals surface area (Å²) in [6.07, 6.45) is 12.3. The van der Waals surface area contributed by atoms with E-state index in [0.717, 1.165) is 30.9 Å². The second-order valence-corrected chi connectivity index (χ2v) is 14.0. The van der Waals surface area contributed by atoms with E-state index in [-0.39, 0.29) is 40.7 Å². The molecule has 1 aliphatic heterocycles. The van der Waals surface area contributed by atoms with Crippen molar-refractivity contribution in [2.75, 3.05) is 7.11 Å². The number of aliphatic carboxylic acids is 1. The minimum Gasteiger partial charge on any atom is -0.504 e. The van der Waals surface area contributed by atoms with Crippen LogP contribution in [-0.2, 0) is 19.1 Å². The number of carbonyl (C=O) groups is 3. The first kappa shape index (κ1) is 30.1. The molecule has 1 saturated heterocycles. The number of aliphatic hydroxyl groups is 1. The molecule has 1 aromatic heterocycles. The van der Waals surface area contributed by atoms with Crippen LogP contribution in [0.25, 0.3) is 6.08 Å². The number of fused-ring (bicyclic) bond motifs is 3. The van der Waals surface area contributed by atoms with Crippen molar-refractivity contribution in [1.82, 2.24) is 0 Å². The molecule has 5 aliphatic rings. The van der Waals surface area contributed by atoms with Crippen molar-refractivity contribution in [3.05, 3.63) is 83.5 Å². The third-order valence-corrected chi connectivity index (χ3v) is 11.7.